The van der Waals surface area contributed by atoms with Crippen LogP contribution in [-0.4, -0.2) is 50.1 Å². The van der Waals surface area contributed by atoms with Gasteiger partial charge in [0, 0.05) is 36.2 Å². The second kappa shape index (κ2) is 9.20. The van der Waals surface area contributed by atoms with Crippen LogP contribution in [0.5, 0.6) is 11.5 Å². The molecule has 0 saturated carbocycles. The highest BCUT2D eigenvalue weighted by Gasteiger charge is 2.42. The molecule has 1 N–H and O–H groups in total. The molecule has 3 rings (SSSR count). The predicted octanol–water partition coefficient (Wildman–Crippen LogP) is 3.39. The van der Waals surface area contributed by atoms with Crippen LogP contribution in [0.25, 0.3) is 0 Å². The molecule has 1 heterocycles. The predicted molar refractivity (Wildman–Crippen MR) is 116 cm³/mol. The van der Waals surface area contributed by atoms with Gasteiger partial charge < -0.3 is 19.7 Å². The van der Waals surface area contributed by atoms with Crippen LogP contribution in [-0.2, 0) is 4.79 Å². The van der Waals surface area contributed by atoms with Gasteiger partial charge in [0.25, 0.3) is 5.91 Å². The van der Waals surface area contributed by atoms with Crippen LogP contribution < -0.4 is 14.8 Å². The lowest BCUT2D eigenvalue weighted by atomic mass is 9.87. The number of nitrogens with zero attached hydrogens (tertiary/aromatic N) is 1. The van der Waals surface area contributed by atoms with Gasteiger partial charge in [-0.05, 0) is 50.6 Å². The molecule has 0 aromatic heterocycles. The molecule has 0 aliphatic carbocycles. The molecule has 6 nitrogen and oxygen atoms in total. The van der Waals surface area contributed by atoms with E-state index >= 15 is 0 Å². The van der Waals surface area contributed by atoms with Crippen molar-refractivity contribution in [2.75, 3.05) is 27.3 Å². The summed E-state index contributed by atoms with van der Waals surface area (Å²) in [4.78, 5) is 28.1. The highest BCUT2D eigenvalue weighted by atomic mass is 16.5. The molecule has 6 heteroatoms. The largest absolute Gasteiger partial charge is 0.497 e. The highest BCUT2D eigenvalue weighted by molar-refractivity contribution is 5.96. The third-order valence-electron chi connectivity index (χ3n) is 5.59. The van der Waals surface area contributed by atoms with E-state index in [0.29, 0.717) is 30.2 Å². The Morgan fingerprint density at radius 3 is 2.43 bits per heavy atom. The normalized spacial score (nSPS) is 18.4. The molecule has 1 saturated heterocycles. The Labute approximate surface area is 178 Å². The van der Waals surface area contributed by atoms with E-state index in [2.05, 4.69) is 5.32 Å². The Bertz CT molecular complexity index is 925. The van der Waals surface area contributed by atoms with E-state index in [1.807, 2.05) is 63.2 Å². The number of hydrogen-bond donors (Lipinski definition) is 1. The summed E-state index contributed by atoms with van der Waals surface area (Å²) in [5.41, 5.74) is 2.47. The molecule has 0 radical (unpaired) electrons. The molecular formula is C24H30N2O4. The smallest absolute Gasteiger partial charge is 0.254 e. The van der Waals surface area contributed by atoms with Crippen molar-refractivity contribution in [1.82, 2.24) is 10.2 Å². The fraction of sp³-hybridized carbons (Fsp3) is 0.417. The van der Waals surface area contributed by atoms with Crippen molar-refractivity contribution in [3.63, 3.8) is 0 Å². The summed E-state index contributed by atoms with van der Waals surface area (Å²) in [6.45, 7) is 6.59. The summed E-state index contributed by atoms with van der Waals surface area (Å²) in [7, 11) is 3.22. The molecule has 2 amide bonds. The minimum Gasteiger partial charge on any atom is -0.497 e. The molecule has 2 unspecified atom stereocenters. The Morgan fingerprint density at radius 1 is 1.07 bits per heavy atom. The number of carbonyl (C=O) groups excluding carboxylic acids is 2. The number of hydrogen-bond acceptors (Lipinski definition) is 4. The number of benzene rings is 2. The van der Waals surface area contributed by atoms with Crippen molar-refractivity contribution in [3.05, 3.63) is 59.2 Å². The van der Waals surface area contributed by atoms with E-state index < -0.39 is 0 Å². The third kappa shape index (κ3) is 4.42. The molecule has 2 aromatic rings. The van der Waals surface area contributed by atoms with Gasteiger partial charge in [0.1, 0.15) is 11.5 Å². The van der Waals surface area contributed by atoms with Gasteiger partial charge in [0.15, 0.2) is 0 Å². The molecule has 0 spiro atoms. The fourth-order valence-corrected chi connectivity index (χ4v) is 4.05. The van der Waals surface area contributed by atoms with Crippen LogP contribution in [0.3, 0.4) is 0 Å². The van der Waals surface area contributed by atoms with E-state index in [1.54, 1.807) is 19.1 Å². The van der Waals surface area contributed by atoms with Crippen LogP contribution >= 0.6 is 0 Å². The number of carbonyl (C=O) groups is 2. The first-order valence-corrected chi connectivity index (χ1v) is 10.2. The quantitative estimate of drug-likeness (QED) is 0.793. The van der Waals surface area contributed by atoms with Crippen LogP contribution in [0.1, 0.15) is 41.3 Å². The fourth-order valence-electron chi connectivity index (χ4n) is 4.05. The lowest BCUT2D eigenvalue weighted by Gasteiger charge is -2.22. The maximum absolute atomic E-state index is 13.3. The molecule has 160 valence electrons. The number of nitrogens with one attached hydrogen (secondary N) is 1. The van der Waals surface area contributed by atoms with Crippen molar-refractivity contribution < 1.29 is 19.1 Å². The topological polar surface area (TPSA) is 67.9 Å². The Kier molecular flexibility index (Phi) is 6.65. The number of methoxy groups -OCH3 is 2. The van der Waals surface area contributed by atoms with Gasteiger partial charge in [-0.25, -0.2) is 0 Å². The van der Waals surface area contributed by atoms with Gasteiger partial charge in [0.2, 0.25) is 5.91 Å². The van der Waals surface area contributed by atoms with E-state index in [-0.39, 0.29) is 29.7 Å². The monoisotopic (exact) mass is 410 g/mol. The first-order valence-electron chi connectivity index (χ1n) is 10.2. The lowest BCUT2D eigenvalue weighted by Crippen LogP contribution is -2.39. The zero-order valence-electron chi connectivity index (χ0n) is 18.3. The zero-order chi connectivity index (χ0) is 21.8. The second-order valence-electron chi connectivity index (χ2n) is 8.01. The summed E-state index contributed by atoms with van der Waals surface area (Å²) in [5, 5.41) is 3.01. The SMILES string of the molecule is COc1ccc(OC)c(C2CN(C(=O)c3ccccc3C)CC2C(=O)NC(C)C)c1. The molecule has 2 atom stereocenters. The molecule has 2 aromatic carbocycles. The van der Waals surface area contributed by atoms with Crippen molar-refractivity contribution in [3.8, 4) is 11.5 Å². The molecule has 0 bridgehead atoms. The molecule has 30 heavy (non-hydrogen) atoms. The van der Waals surface area contributed by atoms with Crippen molar-refractivity contribution in [2.24, 2.45) is 5.92 Å². The average molecular weight is 411 g/mol. The molecule has 1 aliphatic heterocycles. The highest BCUT2D eigenvalue weighted by Crippen LogP contribution is 2.40. The number of ether oxygens (including phenoxy) is 2. The van der Waals surface area contributed by atoms with Gasteiger partial charge >= 0.3 is 0 Å². The van der Waals surface area contributed by atoms with E-state index in [0.717, 1.165) is 11.1 Å². The van der Waals surface area contributed by atoms with Crippen LogP contribution in [0.2, 0.25) is 0 Å². The Morgan fingerprint density at radius 2 is 1.80 bits per heavy atom. The number of amides is 2. The summed E-state index contributed by atoms with van der Waals surface area (Å²) >= 11 is 0. The molecule has 1 aliphatic rings. The average Bonchev–Trinajstić information content (AvgIpc) is 3.18. The first-order chi connectivity index (χ1) is 14.3. The van der Waals surface area contributed by atoms with Gasteiger partial charge in [-0.1, -0.05) is 18.2 Å². The number of rotatable bonds is 6. The summed E-state index contributed by atoms with van der Waals surface area (Å²) < 4.78 is 11.0. The van der Waals surface area contributed by atoms with E-state index in [4.69, 9.17) is 9.47 Å². The van der Waals surface area contributed by atoms with Crippen LogP contribution in [0.4, 0.5) is 0 Å². The van der Waals surface area contributed by atoms with Crippen LogP contribution in [0.15, 0.2) is 42.5 Å². The van der Waals surface area contributed by atoms with Crippen LogP contribution in [0, 0.1) is 12.8 Å². The van der Waals surface area contributed by atoms with Crippen molar-refractivity contribution in [1.29, 1.82) is 0 Å². The Balaban J connectivity index is 1.98. The summed E-state index contributed by atoms with van der Waals surface area (Å²) in [6, 6.07) is 13.1. The lowest BCUT2D eigenvalue weighted by molar-refractivity contribution is -0.125. The summed E-state index contributed by atoms with van der Waals surface area (Å²) in [6.07, 6.45) is 0. The number of likely N-dealkylation sites (tertiary alicyclic amines) is 1. The Hall–Kier alpha value is -3.02. The van der Waals surface area contributed by atoms with Gasteiger partial charge in [-0.15, -0.1) is 0 Å². The van der Waals surface area contributed by atoms with E-state index in [1.165, 1.54) is 0 Å². The van der Waals surface area contributed by atoms with Gasteiger partial charge in [-0.3, -0.25) is 9.59 Å². The van der Waals surface area contributed by atoms with Gasteiger partial charge in [-0.2, -0.15) is 0 Å². The minimum absolute atomic E-state index is 0.0199. The van der Waals surface area contributed by atoms with Crippen molar-refractivity contribution in [2.45, 2.75) is 32.7 Å². The maximum Gasteiger partial charge on any atom is 0.254 e. The maximum atomic E-state index is 13.3. The minimum atomic E-state index is -0.374. The third-order valence-corrected chi connectivity index (χ3v) is 5.59. The number of aryl methyl sites for hydroxylation is 1. The molecular weight excluding hydrogens is 380 g/mol. The van der Waals surface area contributed by atoms with E-state index in [9.17, 15) is 9.59 Å². The second-order valence-corrected chi connectivity index (χ2v) is 8.01. The summed E-state index contributed by atoms with van der Waals surface area (Å²) in [5.74, 6) is 0.703. The molecule has 1 fully saturated rings. The zero-order valence-corrected chi connectivity index (χ0v) is 18.3. The van der Waals surface area contributed by atoms with Crippen molar-refractivity contribution >= 4 is 11.8 Å². The first kappa shape index (κ1) is 21.7. The standard InChI is InChI=1S/C24H30N2O4/c1-15(2)25-23(27)21-14-26(24(28)18-9-7-6-8-16(18)3)13-20(21)19-12-17(29-4)10-11-22(19)30-5/h6-12,15,20-21H,13-14H2,1-5H3,(H,25,27). The van der Waals surface area contributed by atoms with Gasteiger partial charge in [0.05, 0.1) is 20.1 Å².